The summed E-state index contributed by atoms with van der Waals surface area (Å²) in [6, 6.07) is 2.53. The fourth-order valence-electron chi connectivity index (χ4n) is 2.66. The normalized spacial score (nSPS) is 21.3. The van der Waals surface area contributed by atoms with Crippen molar-refractivity contribution in [3.05, 3.63) is 11.8 Å². The van der Waals surface area contributed by atoms with Gasteiger partial charge in [0.1, 0.15) is 5.82 Å². The second kappa shape index (κ2) is 6.16. The molecule has 6 nitrogen and oxygen atoms in total. The van der Waals surface area contributed by atoms with Crippen molar-refractivity contribution in [3.63, 3.8) is 0 Å². The Labute approximate surface area is 115 Å². The van der Waals surface area contributed by atoms with Gasteiger partial charge in [-0.25, -0.2) is 10.8 Å². The number of aromatic nitrogens is 2. The number of hydrogen-bond donors (Lipinski definition) is 2. The Hall–Kier alpha value is -1.40. The Morgan fingerprint density at radius 2 is 2.21 bits per heavy atom. The van der Waals surface area contributed by atoms with E-state index >= 15 is 0 Å². The van der Waals surface area contributed by atoms with Crippen molar-refractivity contribution in [2.45, 2.75) is 32.7 Å². The molecular weight excluding hydrogens is 240 g/mol. The third-order valence-electron chi connectivity index (χ3n) is 3.64. The van der Waals surface area contributed by atoms with Crippen LogP contribution in [0.4, 0.5) is 11.8 Å². The lowest BCUT2D eigenvalue weighted by atomic mass is 10.2. The first-order chi connectivity index (χ1) is 9.13. The molecule has 0 radical (unpaired) electrons. The molecule has 2 rings (SSSR count). The second-order valence-electron chi connectivity index (χ2n) is 5.21. The molecule has 3 N–H and O–H groups in total. The minimum absolute atomic E-state index is 0.488. The molecule has 2 heterocycles. The first kappa shape index (κ1) is 14.0. The van der Waals surface area contributed by atoms with Gasteiger partial charge in [0.05, 0.1) is 0 Å². The summed E-state index contributed by atoms with van der Waals surface area (Å²) in [4.78, 5) is 13.5. The topological polar surface area (TPSA) is 70.3 Å². The summed E-state index contributed by atoms with van der Waals surface area (Å²) >= 11 is 0. The van der Waals surface area contributed by atoms with Gasteiger partial charge in [-0.3, -0.25) is 5.43 Å². The van der Waals surface area contributed by atoms with Crippen molar-refractivity contribution in [1.29, 1.82) is 0 Å². The number of nitrogen functional groups attached to an aromatic ring is 1. The molecule has 1 aromatic heterocycles. The minimum Gasteiger partial charge on any atom is -0.352 e. The molecule has 19 heavy (non-hydrogen) atoms. The van der Waals surface area contributed by atoms with Gasteiger partial charge in [0, 0.05) is 30.9 Å². The molecule has 0 aromatic carbocycles. The van der Waals surface area contributed by atoms with Gasteiger partial charge in [-0.2, -0.15) is 4.98 Å². The lowest BCUT2D eigenvalue weighted by molar-refractivity contribution is 0.327. The molecule has 1 aliphatic heterocycles. The zero-order chi connectivity index (χ0) is 13.8. The molecule has 106 valence electrons. The molecule has 1 atom stereocenters. The molecule has 0 saturated carbocycles. The van der Waals surface area contributed by atoms with E-state index in [0.717, 1.165) is 44.0 Å². The van der Waals surface area contributed by atoms with Crippen LogP contribution in [0.1, 0.15) is 25.5 Å². The predicted octanol–water partition coefficient (Wildman–Crippen LogP) is 0.991. The van der Waals surface area contributed by atoms with Gasteiger partial charge in [-0.05, 0) is 33.4 Å². The molecule has 1 aliphatic rings. The number of likely N-dealkylation sites (N-methyl/N-ethyl adjacent to an activating group) is 1. The smallest absolute Gasteiger partial charge is 0.239 e. The van der Waals surface area contributed by atoms with E-state index in [9.17, 15) is 0 Å². The van der Waals surface area contributed by atoms with Crippen LogP contribution in [0, 0.1) is 6.92 Å². The largest absolute Gasteiger partial charge is 0.352 e. The molecular formula is C13H24N6. The highest BCUT2D eigenvalue weighted by atomic mass is 15.3. The van der Waals surface area contributed by atoms with E-state index in [1.807, 2.05) is 13.0 Å². The molecule has 0 aliphatic carbocycles. The van der Waals surface area contributed by atoms with Crippen molar-refractivity contribution in [3.8, 4) is 0 Å². The van der Waals surface area contributed by atoms with Crippen LogP contribution in [-0.4, -0.2) is 47.6 Å². The van der Waals surface area contributed by atoms with E-state index in [-0.39, 0.29) is 0 Å². The van der Waals surface area contributed by atoms with Gasteiger partial charge in [0.25, 0.3) is 0 Å². The maximum absolute atomic E-state index is 5.44. The van der Waals surface area contributed by atoms with Crippen LogP contribution in [0.25, 0.3) is 0 Å². The third kappa shape index (κ3) is 3.33. The number of anilines is 2. The van der Waals surface area contributed by atoms with Crippen molar-refractivity contribution in [2.75, 3.05) is 37.0 Å². The number of hydrazine groups is 1. The third-order valence-corrected chi connectivity index (χ3v) is 3.64. The first-order valence-corrected chi connectivity index (χ1v) is 6.91. The summed E-state index contributed by atoms with van der Waals surface area (Å²) in [7, 11) is 2.18. The van der Waals surface area contributed by atoms with E-state index < -0.39 is 0 Å². The van der Waals surface area contributed by atoms with Crippen LogP contribution >= 0.6 is 0 Å². The van der Waals surface area contributed by atoms with Gasteiger partial charge >= 0.3 is 0 Å². The van der Waals surface area contributed by atoms with Gasteiger partial charge in [0.15, 0.2) is 0 Å². The maximum atomic E-state index is 5.44. The Morgan fingerprint density at radius 3 is 2.89 bits per heavy atom. The highest BCUT2D eigenvalue weighted by Gasteiger charge is 2.23. The SMILES string of the molecule is CCC1CN(C)CCCN1c1cc(C)nc(NN)n1. The molecule has 0 spiro atoms. The van der Waals surface area contributed by atoms with Crippen LogP contribution in [0.3, 0.4) is 0 Å². The van der Waals surface area contributed by atoms with E-state index in [1.54, 1.807) is 0 Å². The van der Waals surface area contributed by atoms with Gasteiger partial charge in [-0.15, -0.1) is 0 Å². The quantitative estimate of drug-likeness (QED) is 0.627. The lowest BCUT2D eigenvalue weighted by Crippen LogP contribution is -2.40. The monoisotopic (exact) mass is 264 g/mol. The van der Waals surface area contributed by atoms with E-state index in [0.29, 0.717) is 12.0 Å². The summed E-state index contributed by atoms with van der Waals surface area (Å²) in [5.41, 5.74) is 3.48. The van der Waals surface area contributed by atoms with E-state index in [2.05, 4.69) is 39.2 Å². The summed E-state index contributed by atoms with van der Waals surface area (Å²) < 4.78 is 0. The number of hydrogen-bond acceptors (Lipinski definition) is 6. The Morgan fingerprint density at radius 1 is 1.42 bits per heavy atom. The number of aryl methyl sites for hydroxylation is 1. The minimum atomic E-state index is 0.488. The van der Waals surface area contributed by atoms with Crippen LogP contribution in [0.5, 0.6) is 0 Å². The Kier molecular flexibility index (Phi) is 4.55. The molecule has 0 amide bonds. The summed E-state index contributed by atoms with van der Waals surface area (Å²) in [5, 5.41) is 0. The van der Waals surface area contributed by atoms with Crippen molar-refractivity contribution >= 4 is 11.8 Å². The van der Waals surface area contributed by atoms with Crippen LogP contribution in [0.2, 0.25) is 0 Å². The zero-order valence-electron chi connectivity index (χ0n) is 12.1. The van der Waals surface area contributed by atoms with E-state index in [4.69, 9.17) is 5.84 Å². The molecule has 1 unspecified atom stereocenters. The summed E-state index contributed by atoms with van der Waals surface area (Å²) in [6.07, 6.45) is 2.26. The Bertz CT molecular complexity index is 422. The van der Waals surface area contributed by atoms with E-state index in [1.165, 1.54) is 0 Å². The zero-order valence-corrected chi connectivity index (χ0v) is 12.1. The van der Waals surface area contributed by atoms with Gasteiger partial charge in [0.2, 0.25) is 5.95 Å². The molecule has 1 aromatic rings. The molecule has 1 saturated heterocycles. The molecule has 1 fully saturated rings. The number of nitrogens with zero attached hydrogens (tertiary/aromatic N) is 4. The van der Waals surface area contributed by atoms with Gasteiger partial charge in [-0.1, -0.05) is 6.92 Å². The molecule has 6 heteroatoms. The second-order valence-corrected chi connectivity index (χ2v) is 5.21. The predicted molar refractivity (Wildman–Crippen MR) is 78.1 cm³/mol. The van der Waals surface area contributed by atoms with Gasteiger partial charge < -0.3 is 9.80 Å². The number of nitrogens with one attached hydrogen (secondary N) is 1. The molecule has 0 bridgehead atoms. The van der Waals surface area contributed by atoms with Crippen molar-refractivity contribution in [2.24, 2.45) is 5.84 Å². The summed E-state index contributed by atoms with van der Waals surface area (Å²) in [5.74, 6) is 6.90. The van der Waals surface area contributed by atoms with Crippen LogP contribution in [0.15, 0.2) is 6.07 Å². The Balaban J connectivity index is 2.29. The highest BCUT2D eigenvalue weighted by molar-refractivity contribution is 5.45. The van der Waals surface area contributed by atoms with Crippen molar-refractivity contribution < 1.29 is 0 Å². The maximum Gasteiger partial charge on any atom is 0.239 e. The number of rotatable bonds is 3. The van der Waals surface area contributed by atoms with Crippen LogP contribution < -0.4 is 16.2 Å². The highest BCUT2D eigenvalue weighted by Crippen LogP contribution is 2.21. The average Bonchev–Trinajstić information content (AvgIpc) is 2.59. The fraction of sp³-hybridized carbons (Fsp3) is 0.692. The average molecular weight is 264 g/mol. The lowest BCUT2D eigenvalue weighted by Gasteiger charge is -2.31. The standard InChI is InChI=1S/C13H24N6/c1-4-11-9-18(3)6-5-7-19(11)12-8-10(2)15-13(16-12)17-14/h8,11H,4-7,9,14H2,1-3H3,(H,15,16,17). The summed E-state index contributed by atoms with van der Waals surface area (Å²) in [6.45, 7) is 7.44. The number of nitrogens with two attached hydrogens (primary N) is 1. The fourth-order valence-corrected chi connectivity index (χ4v) is 2.66. The first-order valence-electron chi connectivity index (χ1n) is 6.91. The van der Waals surface area contributed by atoms with Crippen molar-refractivity contribution in [1.82, 2.24) is 14.9 Å². The van der Waals surface area contributed by atoms with Crippen LogP contribution in [-0.2, 0) is 0 Å².